The molecule has 0 bridgehead atoms. The highest BCUT2D eigenvalue weighted by Gasteiger charge is 2.08. The van der Waals surface area contributed by atoms with Crippen LogP contribution in [0.4, 0.5) is 5.69 Å². The molecule has 0 aliphatic heterocycles. The Hall–Kier alpha value is -1.03. The molecule has 1 unspecified atom stereocenters. The lowest BCUT2D eigenvalue weighted by Crippen LogP contribution is -2.12. The second kappa shape index (κ2) is 6.61. The Kier molecular flexibility index (Phi) is 5.08. The van der Waals surface area contributed by atoms with Gasteiger partial charge in [-0.3, -0.25) is 0 Å². The number of hydrogen-bond acceptors (Lipinski definition) is 2. The molecule has 0 aliphatic carbocycles. The average molecular weight is 355 g/mol. The third-order valence-corrected chi connectivity index (χ3v) is 4.69. The van der Waals surface area contributed by atoms with Crippen LogP contribution in [-0.4, -0.2) is 11.7 Å². The number of anilines is 1. The minimum absolute atomic E-state index is 0.460. The number of hydrogen-bond donors (Lipinski definition) is 2. The van der Waals surface area contributed by atoms with E-state index < -0.39 is 6.10 Å². The minimum atomic E-state index is -0.559. The van der Waals surface area contributed by atoms with Gasteiger partial charge in [0.2, 0.25) is 0 Å². The third-order valence-electron chi connectivity index (χ3n) is 3.19. The van der Waals surface area contributed by atoms with Crippen molar-refractivity contribution in [3.8, 4) is 0 Å². The molecule has 20 heavy (non-hydrogen) atoms. The molecule has 0 saturated heterocycles. The maximum absolute atomic E-state index is 10.2. The first kappa shape index (κ1) is 15.4. The van der Waals surface area contributed by atoms with Crippen LogP contribution >= 0.6 is 27.5 Å². The predicted molar refractivity (Wildman–Crippen MR) is 88.5 cm³/mol. The number of rotatable bonds is 4. The summed E-state index contributed by atoms with van der Waals surface area (Å²) in [6, 6.07) is 11.4. The van der Waals surface area contributed by atoms with E-state index in [1.807, 2.05) is 12.1 Å². The fraction of sp³-hybridized carbons (Fsp3) is 0.250. The largest absolute Gasteiger partial charge is 0.387 e. The van der Waals surface area contributed by atoms with Gasteiger partial charge in [0.05, 0.1) is 6.10 Å². The van der Waals surface area contributed by atoms with Crippen LogP contribution in [0.3, 0.4) is 0 Å². The zero-order valence-corrected chi connectivity index (χ0v) is 13.8. The summed E-state index contributed by atoms with van der Waals surface area (Å²) in [5.41, 5.74) is 4.21. The smallest absolute Gasteiger partial charge is 0.0962 e. The fourth-order valence-electron chi connectivity index (χ4n) is 2.07. The summed E-state index contributed by atoms with van der Waals surface area (Å²) in [6.45, 7) is 4.57. The molecule has 0 spiro atoms. The molecule has 0 aliphatic rings. The van der Waals surface area contributed by atoms with Crippen molar-refractivity contribution in [2.75, 3.05) is 11.9 Å². The molecule has 0 radical (unpaired) electrons. The maximum Gasteiger partial charge on any atom is 0.0962 e. The lowest BCUT2D eigenvalue weighted by Gasteiger charge is -2.15. The number of nitrogens with one attached hydrogen (secondary N) is 1. The molecule has 106 valence electrons. The normalized spacial score (nSPS) is 12.2. The first-order chi connectivity index (χ1) is 9.47. The zero-order valence-electron chi connectivity index (χ0n) is 11.5. The standard InChI is InChI=1S/C16H17BrClNO/c1-10-7-14(8-11(2)16(10)17)19-9-15(20)12-3-5-13(18)6-4-12/h3-8,15,19-20H,9H2,1-2H3. The monoisotopic (exact) mass is 353 g/mol. The average Bonchev–Trinajstić information content (AvgIpc) is 2.42. The molecule has 2 rings (SSSR count). The van der Waals surface area contributed by atoms with Gasteiger partial charge >= 0.3 is 0 Å². The van der Waals surface area contributed by atoms with Crippen LogP contribution in [0.15, 0.2) is 40.9 Å². The molecule has 2 aromatic rings. The first-order valence-electron chi connectivity index (χ1n) is 6.41. The van der Waals surface area contributed by atoms with Crippen LogP contribution in [0.2, 0.25) is 5.02 Å². The Bertz CT molecular complexity index is 575. The Morgan fingerprint density at radius 3 is 2.25 bits per heavy atom. The number of benzene rings is 2. The highest BCUT2D eigenvalue weighted by Crippen LogP contribution is 2.25. The summed E-state index contributed by atoms with van der Waals surface area (Å²) in [5, 5.41) is 14.1. The van der Waals surface area contributed by atoms with Crippen molar-refractivity contribution in [3.05, 3.63) is 62.6 Å². The zero-order chi connectivity index (χ0) is 14.7. The molecule has 0 saturated carbocycles. The molecule has 2 N–H and O–H groups in total. The van der Waals surface area contributed by atoms with Crippen molar-refractivity contribution in [2.24, 2.45) is 0 Å². The van der Waals surface area contributed by atoms with E-state index in [1.165, 1.54) is 11.1 Å². The predicted octanol–water partition coefficient (Wildman–Crippen LogP) is 4.86. The van der Waals surface area contributed by atoms with E-state index in [2.05, 4.69) is 47.2 Å². The molecule has 0 heterocycles. The van der Waals surface area contributed by atoms with Gasteiger partial charge in [0.15, 0.2) is 0 Å². The van der Waals surface area contributed by atoms with Crippen molar-refractivity contribution in [2.45, 2.75) is 20.0 Å². The molecule has 2 aromatic carbocycles. The molecule has 1 atom stereocenters. The Labute approximate surface area is 132 Å². The highest BCUT2D eigenvalue weighted by molar-refractivity contribution is 9.10. The Balaban J connectivity index is 2.03. The van der Waals surface area contributed by atoms with E-state index in [-0.39, 0.29) is 0 Å². The summed E-state index contributed by atoms with van der Waals surface area (Å²) >= 11 is 9.38. The second-order valence-corrected chi connectivity index (χ2v) is 6.10. The molecule has 4 heteroatoms. The third kappa shape index (κ3) is 3.75. The van der Waals surface area contributed by atoms with Crippen molar-refractivity contribution in [1.82, 2.24) is 0 Å². The summed E-state index contributed by atoms with van der Waals surface area (Å²) in [6.07, 6.45) is -0.559. The van der Waals surface area contributed by atoms with Gasteiger partial charge in [0, 0.05) is 21.7 Å². The molecule has 2 nitrogen and oxygen atoms in total. The number of aryl methyl sites for hydroxylation is 2. The van der Waals surface area contributed by atoms with Crippen LogP contribution in [0.1, 0.15) is 22.8 Å². The van der Waals surface area contributed by atoms with Crippen molar-refractivity contribution < 1.29 is 5.11 Å². The lowest BCUT2D eigenvalue weighted by molar-refractivity contribution is 0.191. The SMILES string of the molecule is Cc1cc(NCC(O)c2ccc(Cl)cc2)cc(C)c1Br. The summed E-state index contributed by atoms with van der Waals surface area (Å²) in [7, 11) is 0. The van der Waals surface area contributed by atoms with E-state index in [1.54, 1.807) is 12.1 Å². The number of aliphatic hydroxyl groups is 1. The van der Waals surface area contributed by atoms with E-state index in [9.17, 15) is 5.11 Å². The summed E-state index contributed by atoms with van der Waals surface area (Å²) in [4.78, 5) is 0. The van der Waals surface area contributed by atoms with Gasteiger partial charge in [-0.1, -0.05) is 39.7 Å². The van der Waals surface area contributed by atoms with Crippen LogP contribution in [-0.2, 0) is 0 Å². The van der Waals surface area contributed by atoms with Crippen molar-refractivity contribution in [3.63, 3.8) is 0 Å². The highest BCUT2D eigenvalue weighted by atomic mass is 79.9. The number of halogens is 2. The molecule has 0 fully saturated rings. The van der Waals surface area contributed by atoms with Gasteiger partial charge in [-0.05, 0) is 54.8 Å². The van der Waals surface area contributed by atoms with Gasteiger partial charge in [0.1, 0.15) is 0 Å². The van der Waals surface area contributed by atoms with E-state index in [0.29, 0.717) is 11.6 Å². The van der Waals surface area contributed by atoms with Crippen LogP contribution < -0.4 is 5.32 Å². The topological polar surface area (TPSA) is 32.3 Å². The quantitative estimate of drug-likeness (QED) is 0.821. The minimum Gasteiger partial charge on any atom is -0.387 e. The van der Waals surface area contributed by atoms with Gasteiger partial charge in [0.25, 0.3) is 0 Å². The van der Waals surface area contributed by atoms with Crippen LogP contribution in [0.25, 0.3) is 0 Å². The van der Waals surface area contributed by atoms with Crippen LogP contribution in [0, 0.1) is 13.8 Å². The summed E-state index contributed by atoms with van der Waals surface area (Å²) < 4.78 is 1.13. The lowest BCUT2D eigenvalue weighted by atomic mass is 10.1. The molecular weight excluding hydrogens is 338 g/mol. The van der Waals surface area contributed by atoms with E-state index in [0.717, 1.165) is 15.7 Å². The Morgan fingerprint density at radius 1 is 1.15 bits per heavy atom. The number of aliphatic hydroxyl groups excluding tert-OH is 1. The first-order valence-corrected chi connectivity index (χ1v) is 7.58. The van der Waals surface area contributed by atoms with Gasteiger partial charge in [-0.2, -0.15) is 0 Å². The van der Waals surface area contributed by atoms with Crippen LogP contribution in [0.5, 0.6) is 0 Å². The summed E-state index contributed by atoms with van der Waals surface area (Å²) in [5.74, 6) is 0. The fourth-order valence-corrected chi connectivity index (χ4v) is 2.42. The second-order valence-electron chi connectivity index (χ2n) is 4.87. The maximum atomic E-state index is 10.2. The van der Waals surface area contributed by atoms with Crippen molar-refractivity contribution >= 4 is 33.2 Å². The molecule has 0 amide bonds. The molecule has 0 aromatic heterocycles. The van der Waals surface area contributed by atoms with E-state index >= 15 is 0 Å². The van der Waals surface area contributed by atoms with E-state index in [4.69, 9.17) is 11.6 Å². The van der Waals surface area contributed by atoms with Gasteiger partial charge in [-0.25, -0.2) is 0 Å². The van der Waals surface area contributed by atoms with Gasteiger partial charge in [-0.15, -0.1) is 0 Å². The Morgan fingerprint density at radius 2 is 1.70 bits per heavy atom. The van der Waals surface area contributed by atoms with Crippen molar-refractivity contribution in [1.29, 1.82) is 0 Å². The molecular formula is C16H17BrClNO. The van der Waals surface area contributed by atoms with Gasteiger partial charge < -0.3 is 10.4 Å².